The van der Waals surface area contributed by atoms with Crippen molar-refractivity contribution in [3.05, 3.63) is 64.7 Å². The molecule has 0 spiro atoms. The molecule has 0 saturated carbocycles. The van der Waals surface area contributed by atoms with Gasteiger partial charge in [-0.3, -0.25) is 9.59 Å². The van der Waals surface area contributed by atoms with Crippen molar-refractivity contribution in [2.45, 2.75) is 13.3 Å². The fourth-order valence-electron chi connectivity index (χ4n) is 2.16. The van der Waals surface area contributed by atoms with E-state index in [-0.39, 0.29) is 18.7 Å². The van der Waals surface area contributed by atoms with Crippen LogP contribution in [0.3, 0.4) is 0 Å². The van der Waals surface area contributed by atoms with Crippen molar-refractivity contribution < 1.29 is 23.9 Å². The summed E-state index contributed by atoms with van der Waals surface area (Å²) >= 11 is 5.96. The normalized spacial score (nSPS) is 10.9. The van der Waals surface area contributed by atoms with Gasteiger partial charge < -0.3 is 9.47 Å². The van der Waals surface area contributed by atoms with Crippen molar-refractivity contribution in [3.8, 4) is 5.75 Å². The van der Waals surface area contributed by atoms with Gasteiger partial charge in [0.25, 0.3) is 5.91 Å². The molecular formula is C20H19ClN2O5. The highest BCUT2D eigenvalue weighted by Gasteiger charge is 2.18. The SMILES string of the molecule is COC(=O)C(=O)C/C(=N/NC(=O)COc1ccccc1Cl)c1ccc(C)cc1. The average Bonchev–Trinajstić information content (AvgIpc) is 2.70. The second kappa shape index (κ2) is 10.2. The number of para-hydroxylation sites is 1. The first-order chi connectivity index (χ1) is 13.4. The molecule has 0 unspecified atom stereocenters. The smallest absolute Gasteiger partial charge is 0.374 e. The summed E-state index contributed by atoms with van der Waals surface area (Å²) in [5.74, 6) is -1.94. The first kappa shape index (κ1) is 21.1. The number of ketones is 1. The molecule has 2 aromatic rings. The molecule has 146 valence electrons. The van der Waals surface area contributed by atoms with E-state index < -0.39 is 17.7 Å². The van der Waals surface area contributed by atoms with Crippen molar-refractivity contribution in [2.24, 2.45) is 5.10 Å². The molecule has 2 rings (SSSR count). The lowest BCUT2D eigenvalue weighted by atomic mass is 10.0. The number of aryl methyl sites for hydroxylation is 1. The van der Waals surface area contributed by atoms with E-state index >= 15 is 0 Å². The minimum atomic E-state index is -0.979. The second-order valence-corrected chi connectivity index (χ2v) is 6.18. The summed E-state index contributed by atoms with van der Waals surface area (Å²) in [5, 5.41) is 4.37. The molecule has 0 saturated heterocycles. The Labute approximate surface area is 167 Å². The van der Waals surface area contributed by atoms with E-state index in [4.69, 9.17) is 16.3 Å². The number of rotatable bonds is 8. The fourth-order valence-corrected chi connectivity index (χ4v) is 2.35. The quantitative estimate of drug-likeness (QED) is 0.317. The summed E-state index contributed by atoms with van der Waals surface area (Å²) in [4.78, 5) is 35.4. The van der Waals surface area contributed by atoms with Crippen LogP contribution in [0.4, 0.5) is 0 Å². The number of nitrogens with one attached hydrogen (secondary N) is 1. The van der Waals surface area contributed by atoms with Gasteiger partial charge in [-0.05, 0) is 24.6 Å². The number of hydrogen-bond acceptors (Lipinski definition) is 6. The van der Waals surface area contributed by atoms with Crippen molar-refractivity contribution >= 4 is 35.0 Å². The van der Waals surface area contributed by atoms with Crippen LogP contribution >= 0.6 is 11.6 Å². The molecule has 0 bridgehead atoms. The zero-order valence-corrected chi connectivity index (χ0v) is 16.2. The van der Waals surface area contributed by atoms with Crippen LogP contribution < -0.4 is 10.2 Å². The van der Waals surface area contributed by atoms with E-state index in [0.29, 0.717) is 16.3 Å². The van der Waals surface area contributed by atoms with Crippen LogP contribution in [0.15, 0.2) is 53.6 Å². The van der Waals surface area contributed by atoms with Crippen LogP contribution in [0.25, 0.3) is 0 Å². The van der Waals surface area contributed by atoms with Crippen LogP contribution in [0, 0.1) is 6.92 Å². The Bertz CT molecular complexity index is 894. The predicted molar refractivity (Wildman–Crippen MR) is 104 cm³/mol. The summed E-state index contributed by atoms with van der Waals surface area (Å²) in [6.45, 7) is 1.59. The number of halogens is 1. The van der Waals surface area contributed by atoms with E-state index in [0.717, 1.165) is 12.7 Å². The molecule has 0 aliphatic rings. The summed E-state index contributed by atoms with van der Waals surface area (Å²) < 4.78 is 9.76. The topological polar surface area (TPSA) is 94.1 Å². The van der Waals surface area contributed by atoms with E-state index in [2.05, 4.69) is 15.3 Å². The van der Waals surface area contributed by atoms with Crippen molar-refractivity contribution in [2.75, 3.05) is 13.7 Å². The van der Waals surface area contributed by atoms with Gasteiger partial charge in [-0.2, -0.15) is 5.10 Å². The van der Waals surface area contributed by atoms with Crippen molar-refractivity contribution in [1.82, 2.24) is 5.43 Å². The molecule has 2 aromatic carbocycles. The van der Waals surface area contributed by atoms with Crippen LogP contribution in [0.1, 0.15) is 17.5 Å². The average molecular weight is 403 g/mol. The number of esters is 1. The maximum absolute atomic E-state index is 12.0. The maximum Gasteiger partial charge on any atom is 0.374 e. The van der Waals surface area contributed by atoms with E-state index in [1.54, 1.807) is 36.4 Å². The molecule has 1 N–H and O–H groups in total. The number of amides is 1. The Hall–Kier alpha value is -3.19. The molecule has 1 amide bonds. The zero-order valence-electron chi connectivity index (χ0n) is 15.4. The monoisotopic (exact) mass is 402 g/mol. The largest absolute Gasteiger partial charge is 0.482 e. The third-order valence-corrected chi connectivity index (χ3v) is 3.95. The van der Waals surface area contributed by atoms with Gasteiger partial charge in [0, 0.05) is 0 Å². The van der Waals surface area contributed by atoms with Gasteiger partial charge in [0.15, 0.2) is 6.61 Å². The predicted octanol–water partition coefficient (Wildman–Crippen LogP) is 2.68. The summed E-state index contributed by atoms with van der Waals surface area (Å²) in [7, 11) is 1.12. The van der Waals surface area contributed by atoms with Crippen LogP contribution in [0.5, 0.6) is 5.75 Å². The minimum absolute atomic E-state index is 0.224. The Morgan fingerprint density at radius 3 is 2.39 bits per heavy atom. The zero-order chi connectivity index (χ0) is 20.5. The molecule has 28 heavy (non-hydrogen) atoms. The summed E-state index contributed by atoms with van der Waals surface area (Å²) in [6.07, 6.45) is -0.318. The molecule has 0 fully saturated rings. The van der Waals surface area contributed by atoms with Gasteiger partial charge in [-0.25, -0.2) is 10.2 Å². The van der Waals surface area contributed by atoms with Gasteiger partial charge in [-0.1, -0.05) is 53.6 Å². The molecule has 7 nitrogen and oxygen atoms in total. The Kier molecular flexibility index (Phi) is 7.71. The maximum atomic E-state index is 12.0. The Balaban J connectivity index is 2.08. The lowest BCUT2D eigenvalue weighted by Crippen LogP contribution is -2.27. The molecule has 8 heteroatoms. The van der Waals surface area contributed by atoms with Gasteiger partial charge in [0.1, 0.15) is 5.75 Å². The van der Waals surface area contributed by atoms with Crippen LogP contribution in [-0.4, -0.2) is 37.1 Å². The van der Waals surface area contributed by atoms with Crippen molar-refractivity contribution in [3.63, 3.8) is 0 Å². The minimum Gasteiger partial charge on any atom is -0.482 e. The number of hydrogen-bond donors (Lipinski definition) is 1. The Morgan fingerprint density at radius 2 is 1.75 bits per heavy atom. The molecular weight excluding hydrogens is 384 g/mol. The molecule has 0 aromatic heterocycles. The Morgan fingerprint density at radius 1 is 1.07 bits per heavy atom. The molecule has 0 aliphatic carbocycles. The molecule has 0 radical (unpaired) electrons. The third-order valence-electron chi connectivity index (χ3n) is 3.64. The van der Waals surface area contributed by atoms with Crippen LogP contribution in [0.2, 0.25) is 5.02 Å². The third kappa shape index (κ3) is 6.21. The standard InChI is InChI=1S/C20H19ClN2O5/c1-13-7-9-14(10-8-13)16(11-17(24)20(26)27-2)22-23-19(25)12-28-18-6-4-3-5-15(18)21/h3-10H,11-12H2,1-2H3,(H,23,25)/b22-16-. The van der Waals surface area contributed by atoms with E-state index in [1.807, 2.05) is 19.1 Å². The van der Waals surface area contributed by atoms with E-state index in [9.17, 15) is 14.4 Å². The number of carbonyl (C=O) groups is 3. The molecule has 0 atom stereocenters. The van der Waals surface area contributed by atoms with E-state index in [1.165, 1.54) is 0 Å². The first-order valence-corrected chi connectivity index (χ1v) is 8.69. The second-order valence-electron chi connectivity index (χ2n) is 5.77. The lowest BCUT2D eigenvalue weighted by molar-refractivity contribution is -0.151. The van der Waals surface area contributed by atoms with Crippen molar-refractivity contribution in [1.29, 1.82) is 0 Å². The number of methoxy groups -OCH3 is 1. The number of benzene rings is 2. The number of hydrazone groups is 1. The molecule has 0 aliphatic heterocycles. The number of nitrogens with zero attached hydrogens (tertiary/aromatic N) is 1. The fraction of sp³-hybridized carbons (Fsp3) is 0.200. The number of Topliss-reactive ketones (excluding diaryl/α,β-unsaturated/α-hetero) is 1. The number of carbonyl (C=O) groups excluding carboxylic acids is 3. The number of ether oxygens (including phenoxy) is 2. The van der Waals surface area contributed by atoms with Gasteiger partial charge >= 0.3 is 5.97 Å². The highest BCUT2D eigenvalue weighted by atomic mass is 35.5. The highest BCUT2D eigenvalue weighted by Crippen LogP contribution is 2.22. The van der Waals surface area contributed by atoms with Gasteiger partial charge in [0.05, 0.1) is 24.3 Å². The summed E-state index contributed by atoms with van der Waals surface area (Å²) in [5.41, 5.74) is 4.15. The van der Waals surface area contributed by atoms with Gasteiger partial charge in [0.2, 0.25) is 5.78 Å². The highest BCUT2D eigenvalue weighted by molar-refractivity contribution is 6.38. The first-order valence-electron chi connectivity index (χ1n) is 8.31. The van der Waals surface area contributed by atoms with Crippen LogP contribution in [-0.2, 0) is 19.1 Å². The lowest BCUT2D eigenvalue weighted by Gasteiger charge is -2.09. The molecule has 0 heterocycles. The van der Waals surface area contributed by atoms with Gasteiger partial charge in [-0.15, -0.1) is 0 Å². The summed E-state index contributed by atoms with van der Waals surface area (Å²) in [6, 6.07) is 13.9.